The quantitative estimate of drug-likeness (QED) is 0.826. The molecule has 1 aromatic rings. The summed E-state index contributed by atoms with van der Waals surface area (Å²) < 4.78 is 51.9. The molecule has 1 saturated heterocycles. The van der Waals surface area contributed by atoms with Gasteiger partial charge in [-0.25, -0.2) is 22.0 Å². The lowest BCUT2D eigenvalue weighted by Gasteiger charge is -2.35. The van der Waals surface area contributed by atoms with E-state index in [2.05, 4.69) is 5.32 Å². The van der Waals surface area contributed by atoms with E-state index < -0.39 is 28.0 Å². The van der Waals surface area contributed by atoms with Crippen LogP contribution in [0, 0.1) is 0 Å². The number of alkyl halides is 2. The van der Waals surface area contributed by atoms with E-state index >= 15 is 0 Å². The second-order valence-electron chi connectivity index (χ2n) is 5.78. The minimum Gasteiger partial charge on any atom is -0.329 e. The van der Waals surface area contributed by atoms with Gasteiger partial charge < -0.3 is 10.2 Å². The molecule has 1 aromatic heterocycles. The van der Waals surface area contributed by atoms with Crippen molar-refractivity contribution in [2.75, 3.05) is 26.7 Å². The van der Waals surface area contributed by atoms with Gasteiger partial charge in [-0.2, -0.15) is 4.31 Å². The Labute approximate surface area is 137 Å². The molecule has 2 amide bonds. The number of sulfonamides is 1. The second kappa shape index (κ2) is 5.67. The number of fused-ring (bicyclic) bond motifs is 1. The van der Waals surface area contributed by atoms with Gasteiger partial charge in [-0.15, -0.1) is 11.3 Å². The van der Waals surface area contributed by atoms with Gasteiger partial charge in [0.15, 0.2) is 0 Å². The minimum atomic E-state index is -3.51. The maximum Gasteiger partial charge on any atom is 0.317 e. The van der Waals surface area contributed by atoms with Gasteiger partial charge in [0.1, 0.15) is 0 Å². The lowest BCUT2D eigenvalue weighted by Crippen LogP contribution is -2.50. The molecule has 0 aromatic carbocycles. The van der Waals surface area contributed by atoms with Gasteiger partial charge in [-0.1, -0.05) is 0 Å². The predicted molar refractivity (Wildman–Crippen MR) is 81.2 cm³/mol. The van der Waals surface area contributed by atoms with Crippen molar-refractivity contribution < 1.29 is 22.0 Å². The van der Waals surface area contributed by atoms with Crippen LogP contribution in [0.3, 0.4) is 0 Å². The van der Waals surface area contributed by atoms with Crippen LogP contribution in [0.4, 0.5) is 13.6 Å². The number of piperidine rings is 1. The summed E-state index contributed by atoms with van der Waals surface area (Å²) in [5.41, 5.74) is 0. The van der Waals surface area contributed by atoms with E-state index in [1.54, 1.807) is 5.38 Å². The third kappa shape index (κ3) is 3.07. The monoisotopic (exact) mass is 365 g/mol. The molecule has 1 fully saturated rings. The maximum absolute atomic E-state index is 13.2. The highest BCUT2D eigenvalue weighted by molar-refractivity contribution is 7.89. The van der Waals surface area contributed by atoms with Crippen LogP contribution in [-0.4, -0.2) is 56.3 Å². The molecule has 0 spiro atoms. The van der Waals surface area contributed by atoms with E-state index in [0.717, 1.165) is 0 Å². The van der Waals surface area contributed by atoms with Crippen LogP contribution >= 0.6 is 11.3 Å². The van der Waals surface area contributed by atoms with Gasteiger partial charge >= 0.3 is 6.03 Å². The first-order valence-corrected chi connectivity index (χ1v) is 9.50. The molecular weight excluding hydrogens is 348 g/mol. The summed E-state index contributed by atoms with van der Waals surface area (Å²) in [5, 5.41) is 4.44. The van der Waals surface area contributed by atoms with E-state index in [1.165, 1.54) is 33.7 Å². The third-order valence-electron chi connectivity index (χ3n) is 4.18. The normalized spacial score (nSPS) is 26.6. The first-order chi connectivity index (χ1) is 10.7. The molecule has 128 valence electrons. The molecule has 3 rings (SSSR count). The Balaban J connectivity index is 1.73. The Hall–Kier alpha value is -1.26. The van der Waals surface area contributed by atoms with Crippen LogP contribution < -0.4 is 5.32 Å². The third-order valence-corrected chi connectivity index (χ3v) is 7.22. The van der Waals surface area contributed by atoms with Gasteiger partial charge in [0.05, 0.1) is 10.9 Å². The predicted octanol–water partition coefficient (Wildman–Crippen LogP) is 1.86. The molecule has 1 atom stereocenters. The first kappa shape index (κ1) is 16.6. The van der Waals surface area contributed by atoms with Crippen molar-refractivity contribution in [2.24, 2.45) is 0 Å². The first-order valence-electron chi connectivity index (χ1n) is 7.18. The van der Waals surface area contributed by atoms with Crippen molar-refractivity contribution >= 4 is 27.4 Å². The van der Waals surface area contributed by atoms with Gasteiger partial charge in [-0.3, -0.25) is 0 Å². The average Bonchev–Trinajstić information content (AvgIpc) is 2.95. The number of hydrogen-bond donors (Lipinski definition) is 1. The van der Waals surface area contributed by atoms with Crippen LogP contribution in [0.15, 0.2) is 16.3 Å². The van der Waals surface area contributed by atoms with Gasteiger partial charge in [-0.05, 0) is 11.4 Å². The Morgan fingerprint density at radius 2 is 2.04 bits per heavy atom. The summed E-state index contributed by atoms with van der Waals surface area (Å²) >= 11 is 1.27. The molecule has 0 radical (unpaired) electrons. The minimum absolute atomic E-state index is 0.00299. The molecule has 0 aliphatic carbocycles. The average molecular weight is 365 g/mol. The topological polar surface area (TPSA) is 69.7 Å². The maximum atomic E-state index is 13.2. The standard InChI is InChI=1S/C13H17F2N3O3S2/c1-17-8-9(11-10(2-7-22-11)23(17,20)21)16-12(19)18-5-3-13(14,15)4-6-18/h2,7,9H,3-6,8H2,1H3,(H,16,19). The largest absolute Gasteiger partial charge is 0.329 e. The number of carbonyl (C=O) groups excluding carboxylic acids is 1. The van der Waals surface area contributed by atoms with Crippen molar-refractivity contribution in [1.82, 2.24) is 14.5 Å². The molecule has 10 heteroatoms. The fourth-order valence-corrected chi connectivity index (χ4v) is 5.47. The highest BCUT2D eigenvalue weighted by Crippen LogP contribution is 2.35. The number of nitrogens with one attached hydrogen (secondary N) is 1. The molecule has 2 aliphatic rings. The van der Waals surface area contributed by atoms with Gasteiger partial charge in [0, 0.05) is 44.4 Å². The molecule has 3 heterocycles. The number of carbonyl (C=O) groups is 1. The van der Waals surface area contributed by atoms with Crippen LogP contribution in [-0.2, 0) is 10.0 Å². The zero-order valence-corrected chi connectivity index (χ0v) is 14.1. The molecule has 2 aliphatic heterocycles. The van der Waals surface area contributed by atoms with E-state index in [9.17, 15) is 22.0 Å². The number of likely N-dealkylation sites (tertiary alicyclic amines) is 1. The fraction of sp³-hybridized carbons (Fsp3) is 0.615. The number of hydrogen-bond acceptors (Lipinski definition) is 4. The Morgan fingerprint density at radius 3 is 2.70 bits per heavy atom. The second-order valence-corrected chi connectivity index (χ2v) is 8.74. The summed E-state index contributed by atoms with van der Waals surface area (Å²) in [5.74, 6) is -2.71. The number of urea groups is 1. The molecule has 0 saturated carbocycles. The number of halogens is 2. The number of amides is 2. The molecule has 23 heavy (non-hydrogen) atoms. The number of rotatable bonds is 1. The fourth-order valence-electron chi connectivity index (χ4n) is 2.77. The van der Waals surface area contributed by atoms with Gasteiger partial charge in [0.2, 0.25) is 10.0 Å². The van der Waals surface area contributed by atoms with Gasteiger partial charge in [0.25, 0.3) is 5.92 Å². The smallest absolute Gasteiger partial charge is 0.317 e. The van der Waals surface area contributed by atoms with Crippen molar-refractivity contribution in [2.45, 2.75) is 29.7 Å². The van der Waals surface area contributed by atoms with E-state index in [4.69, 9.17) is 0 Å². The number of thiophene rings is 1. The van der Waals surface area contributed by atoms with Crippen molar-refractivity contribution in [3.8, 4) is 0 Å². The highest BCUT2D eigenvalue weighted by atomic mass is 32.2. The highest BCUT2D eigenvalue weighted by Gasteiger charge is 2.39. The Morgan fingerprint density at radius 1 is 1.39 bits per heavy atom. The molecular formula is C13H17F2N3O3S2. The summed E-state index contributed by atoms with van der Waals surface area (Å²) in [6.45, 7) is 0.125. The number of nitrogens with zero attached hydrogens (tertiary/aromatic N) is 2. The molecule has 1 unspecified atom stereocenters. The van der Waals surface area contributed by atoms with E-state index in [1.807, 2.05) is 0 Å². The number of likely N-dealkylation sites (N-methyl/N-ethyl adjacent to an activating group) is 1. The van der Waals surface area contributed by atoms with Crippen LogP contribution in [0.25, 0.3) is 0 Å². The van der Waals surface area contributed by atoms with Crippen molar-refractivity contribution in [3.05, 3.63) is 16.3 Å². The van der Waals surface area contributed by atoms with Crippen molar-refractivity contribution in [3.63, 3.8) is 0 Å². The Bertz CT molecular complexity index is 710. The Kier molecular flexibility index (Phi) is 4.09. The lowest BCUT2D eigenvalue weighted by molar-refractivity contribution is -0.0471. The SMILES string of the molecule is CN1CC(NC(=O)N2CCC(F)(F)CC2)c2sccc2S1(=O)=O. The van der Waals surface area contributed by atoms with E-state index in [0.29, 0.717) is 4.88 Å². The summed E-state index contributed by atoms with van der Waals surface area (Å²) in [4.78, 5) is 14.4. The molecule has 0 bridgehead atoms. The van der Waals surface area contributed by atoms with Crippen molar-refractivity contribution in [1.29, 1.82) is 0 Å². The lowest BCUT2D eigenvalue weighted by atomic mass is 10.1. The van der Waals surface area contributed by atoms with Crippen LogP contribution in [0.5, 0.6) is 0 Å². The summed E-state index contributed by atoms with van der Waals surface area (Å²) in [7, 11) is -2.05. The zero-order valence-electron chi connectivity index (χ0n) is 12.5. The molecule has 1 N–H and O–H groups in total. The zero-order chi connectivity index (χ0) is 16.8. The van der Waals surface area contributed by atoms with Crippen LogP contribution in [0.1, 0.15) is 23.8 Å². The van der Waals surface area contributed by atoms with E-state index in [-0.39, 0.29) is 37.4 Å². The summed E-state index contributed by atoms with van der Waals surface area (Å²) in [6.07, 6.45) is -0.687. The molecule has 6 nitrogen and oxygen atoms in total. The van der Waals surface area contributed by atoms with Crippen LogP contribution in [0.2, 0.25) is 0 Å². The summed E-state index contributed by atoms with van der Waals surface area (Å²) in [6, 6.07) is 0.622.